The second-order valence-electron chi connectivity index (χ2n) is 4.09. The van der Waals surface area contributed by atoms with Crippen LogP contribution in [0.1, 0.15) is 15.9 Å². The molecule has 2 aromatic rings. The molecule has 104 valence electrons. The molecule has 0 aliphatic carbocycles. The van der Waals surface area contributed by atoms with Crippen LogP contribution in [0.3, 0.4) is 0 Å². The van der Waals surface area contributed by atoms with Crippen molar-refractivity contribution >= 4 is 17.6 Å². The Morgan fingerprint density at radius 2 is 2.00 bits per heavy atom. The summed E-state index contributed by atoms with van der Waals surface area (Å²) in [5, 5.41) is 9.04. The molecular formula is C15H13ClO4. The highest BCUT2D eigenvalue weighted by atomic mass is 35.5. The molecule has 20 heavy (non-hydrogen) atoms. The number of hydrogen-bond acceptors (Lipinski definition) is 3. The maximum absolute atomic E-state index is 10.8. The smallest absolute Gasteiger partial charge is 0.337 e. The summed E-state index contributed by atoms with van der Waals surface area (Å²) in [5.74, 6) is 0.211. The first-order valence-electron chi connectivity index (χ1n) is 5.88. The van der Waals surface area contributed by atoms with E-state index in [0.717, 1.165) is 11.3 Å². The Morgan fingerprint density at radius 1 is 1.20 bits per heavy atom. The number of carboxylic acid groups (broad SMARTS) is 1. The van der Waals surface area contributed by atoms with Crippen LogP contribution in [-0.4, -0.2) is 18.2 Å². The van der Waals surface area contributed by atoms with Crippen molar-refractivity contribution in [1.82, 2.24) is 0 Å². The van der Waals surface area contributed by atoms with Crippen LogP contribution in [0, 0.1) is 0 Å². The fourth-order valence-electron chi connectivity index (χ4n) is 1.69. The van der Waals surface area contributed by atoms with Crippen molar-refractivity contribution in [1.29, 1.82) is 0 Å². The average molecular weight is 293 g/mol. The van der Waals surface area contributed by atoms with Crippen molar-refractivity contribution in [3.05, 3.63) is 58.6 Å². The van der Waals surface area contributed by atoms with Crippen LogP contribution in [0.4, 0.5) is 0 Å². The third-order valence-electron chi connectivity index (χ3n) is 2.71. The molecule has 0 spiro atoms. The zero-order chi connectivity index (χ0) is 14.5. The summed E-state index contributed by atoms with van der Waals surface area (Å²) in [5.41, 5.74) is 1.00. The monoisotopic (exact) mass is 292 g/mol. The van der Waals surface area contributed by atoms with Crippen molar-refractivity contribution in [2.45, 2.75) is 6.61 Å². The molecule has 0 saturated heterocycles. The first-order chi connectivity index (χ1) is 9.60. The van der Waals surface area contributed by atoms with Crippen LogP contribution in [0.2, 0.25) is 5.02 Å². The third kappa shape index (κ3) is 3.42. The molecule has 0 unspecified atom stereocenters. The Bertz CT molecular complexity index is 625. The molecule has 0 fully saturated rings. The van der Waals surface area contributed by atoms with Gasteiger partial charge in [-0.15, -0.1) is 0 Å². The zero-order valence-electron chi connectivity index (χ0n) is 10.8. The summed E-state index contributed by atoms with van der Waals surface area (Å²) < 4.78 is 10.7. The van der Waals surface area contributed by atoms with E-state index in [4.69, 9.17) is 26.2 Å². The predicted octanol–water partition coefficient (Wildman–Crippen LogP) is 3.63. The van der Waals surface area contributed by atoms with Crippen LogP contribution in [-0.2, 0) is 6.61 Å². The molecule has 4 nitrogen and oxygen atoms in total. The lowest BCUT2D eigenvalue weighted by Crippen LogP contribution is -1.99. The molecule has 0 radical (unpaired) electrons. The third-order valence-corrected chi connectivity index (χ3v) is 3.02. The van der Waals surface area contributed by atoms with E-state index < -0.39 is 5.97 Å². The van der Waals surface area contributed by atoms with E-state index in [1.165, 1.54) is 12.1 Å². The van der Waals surface area contributed by atoms with Crippen LogP contribution in [0.5, 0.6) is 11.5 Å². The van der Waals surface area contributed by atoms with Crippen molar-refractivity contribution in [3.63, 3.8) is 0 Å². The van der Waals surface area contributed by atoms with Crippen molar-refractivity contribution in [2.24, 2.45) is 0 Å². The number of rotatable bonds is 5. The molecule has 1 N–H and O–H groups in total. The Kier molecular flexibility index (Phi) is 4.48. The molecule has 0 aliphatic heterocycles. The lowest BCUT2D eigenvalue weighted by molar-refractivity contribution is 0.0697. The van der Waals surface area contributed by atoms with Gasteiger partial charge in [-0.1, -0.05) is 23.7 Å². The molecule has 0 bridgehead atoms. The van der Waals surface area contributed by atoms with Crippen LogP contribution in [0.15, 0.2) is 42.5 Å². The van der Waals surface area contributed by atoms with E-state index in [-0.39, 0.29) is 10.6 Å². The quantitative estimate of drug-likeness (QED) is 0.914. The fourth-order valence-corrected chi connectivity index (χ4v) is 1.94. The molecule has 0 saturated carbocycles. The van der Waals surface area contributed by atoms with Crippen LogP contribution >= 0.6 is 11.6 Å². The highest BCUT2D eigenvalue weighted by Crippen LogP contribution is 2.23. The van der Waals surface area contributed by atoms with Crippen LogP contribution < -0.4 is 9.47 Å². The van der Waals surface area contributed by atoms with Gasteiger partial charge in [0.05, 0.1) is 17.7 Å². The first kappa shape index (κ1) is 14.2. The summed E-state index contributed by atoms with van der Waals surface area (Å²) in [7, 11) is 1.60. The number of benzene rings is 2. The summed E-state index contributed by atoms with van der Waals surface area (Å²) in [6.45, 7) is 0.347. The van der Waals surface area contributed by atoms with Gasteiger partial charge in [-0.3, -0.25) is 0 Å². The molecule has 0 atom stereocenters. The largest absolute Gasteiger partial charge is 0.497 e. The number of carboxylic acids is 1. The van der Waals surface area contributed by atoms with Gasteiger partial charge >= 0.3 is 5.97 Å². The van der Waals surface area contributed by atoms with Gasteiger partial charge < -0.3 is 14.6 Å². The topological polar surface area (TPSA) is 55.8 Å². The Balaban J connectivity index is 2.07. The number of aromatic carboxylic acids is 1. The van der Waals surface area contributed by atoms with E-state index >= 15 is 0 Å². The minimum Gasteiger partial charge on any atom is -0.497 e. The molecule has 2 aromatic carbocycles. The van der Waals surface area contributed by atoms with E-state index in [2.05, 4.69) is 0 Å². The number of methoxy groups -OCH3 is 1. The van der Waals surface area contributed by atoms with E-state index in [1.54, 1.807) is 13.2 Å². The Morgan fingerprint density at radius 3 is 2.65 bits per heavy atom. The number of hydrogen-bond donors (Lipinski definition) is 1. The van der Waals surface area contributed by atoms with Gasteiger partial charge in [0.2, 0.25) is 0 Å². The van der Waals surface area contributed by atoms with E-state index in [0.29, 0.717) is 12.4 Å². The molecular weight excluding hydrogens is 280 g/mol. The maximum Gasteiger partial charge on any atom is 0.337 e. The molecule has 0 amide bonds. The van der Waals surface area contributed by atoms with Gasteiger partial charge in [0, 0.05) is 0 Å². The van der Waals surface area contributed by atoms with Gasteiger partial charge in [-0.25, -0.2) is 4.79 Å². The van der Waals surface area contributed by atoms with Gasteiger partial charge in [-0.05, 0) is 35.9 Å². The van der Waals surface area contributed by atoms with Gasteiger partial charge in [0.15, 0.2) is 0 Å². The Hall–Kier alpha value is -2.20. The summed E-state index contributed by atoms with van der Waals surface area (Å²) in [6.07, 6.45) is 0. The average Bonchev–Trinajstić information content (AvgIpc) is 2.45. The second-order valence-corrected chi connectivity index (χ2v) is 4.49. The second kappa shape index (κ2) is 6.30. The normalized spacial score (nSPS) is 10.1. The fraction of sp³-hybridized carbons (Fsp3) is 0.133. The van der Waals surface area contributed by atoms with Crippen molar-refractivity contribution in [3.8, 4) is 11.5 Å². The summed E-state index contributed by atoms with van der Waals surface area (Å²) >= 11 is 5.87. The lowest BCUT2D eigenvalue weighted by atomic mass is 10.2. The van der Waals surface area contributed by atoms with Gasteiger partial charge in [0.1, 0.15) is 18.1 Å². The van der Waals surface area contributed by atoms with Gasteiger partial charge in [-0.2, -0.15) is 0 Å². The zero-order valence-corrected chi connectivity index (χ0v) is 11.6. The SMILES string of the molecule is COc1cccc(COc2ccc(C(=O)O)c(Cl)c2)c1. The lowest BCUT2D eigenvalue weighted by Gasteiger charge is -2.08. The number of halogens is 1. The summed E-state index contributed by atoms with van der Waals surface area (Å²) in [4.78, 5) is 10.8. The highest BCUT2D eigenvalue weighted by Gasteiger charge is 2.09. The predicted molar refractivity (Wildman–Crippen MR) is 75.7 cm³/mol. The summed E-state index contributed by atoms with van der Waals surface area (Å²) in [6, 6.07) is 12.0. The Labute approximate surface area is 121 Å². The molecule has 0 aromatic heterocycles. The first-order valence-corrected chi connectivity index (χ1v) is 6.26. The molecule has 2 rings (SSSR count). The maximum atomic E-state index is 10.8. The molecule has 0 aliphatic rings. The van der Waals surface area contributed by atoms with E-state index in [9.17, 15) is 4.79 Å². The minimum atomic E-state index is -1.06. The standard InChI is InChI=1S/C15H13ClO4/c1-19-11-4-2-3-10(7-11)9-20-12-5-6-13(15(17)18)14(16)8-12/h2-8H,9H2,1H3,(H,17,18). The molecule has 0 heterocycles. The van der Waals surface area contributed by atoms with Crippen LogP contribution in [0.25, 0.3) is 0 Å². The van der Waals surface area contributed by atoms with Crippen molar-refractivity contribution < 1.29 is 19.4 Å². The van der Waals surface area contributed by atoms with Gasteiger partial charge in [0.25, 0.3) is 0 Å². The number of carbonyl (C=O) groups is 1. The minimum absolute atomic E-state index is 0.0559. The van der Waals surface area contributed by atoms with E-state index in [1.807, 2.05) is 24.3 Å². The highest BCUT2D eigenvalue weighted by molar-refractivity contribution is 6.33. The van der Waals surface area contributed by atoms with Crippen molar-refractivity contribution in [2.75, 3.05) is 7.11 Å². The molecule has 5 heteroatoms. The number of ether oxygens (including phenoxy) is 2.